The number of carbonyl (C=O) groups excluding carboxylic acids is 1. The van der Waals surface area contributed by atoms with Gasteiger partial charge >= 0.3 is 5.97 Å². The third-order valence-corrected chi connectivity index (χ3v) is 5.68. The minimum absolute atomic E-state index is 0. The predicted molar refractivity (Wildman–Crippen MR) is 85.8 cm³/mol. The number of carbonyl (C=O) groups is 1. The van der Waals surface area contributed by atoms with E-state index in [2.05, 4.69) is 10.1 Å². The van der Waals surface area contributed by atoms with Crippen LogP contribution in [-0.4, -0.2) is 52.0 Å². The van der Waals surface area contributed by atoms with Gasteiger partial charge in [0.1, 0.15) is 11.4 Å². The Labute approximate surface area is 141 Å². The van der Waals surface area contributed by atoms with Crippen LogP contribution < -0.4 is 5.32 Å². The third-order valence-electron chi connectivity index (χ3n) is 3.78. The smallest absolute Gasteiger partial charge is 0.342 e. The standard InChI is InChI=1S/C14H19FN2O4S.ClH/c1-16-10-5-4-8-17(9-10)22(19,20)12-7-3-6-11(15)13(12)14(18)21-2;/h3,6-7,10,16H,4-5,8-9H2,1-2H3;1H. The molecule has 2 rings (SSSR count). The molecule has 1 atom stereocenters. The summed E-state index contributed by atoms with van der Waals surface area (Å²) in [5, 5.41) is 3.05. The van der Waals surface area contributed by atoms with Gasteiger partial charge < -0.3 is 10.1 Å². The van der Waals surface area contributed by atoms with Crippen LogP contribution >= 0.6 is 12.4 Å². The lowest BCUT2D eigenvalue weighted by Crippen LogP contribution is -2.47. The van der Waals surface area contributed by atoms with E-state index >= 15 is 0 Å². The maximum absolute atomic E-state index is 13.9. The quantitative estimate of drug-likeness (QED) is 0.815. The summed E-state index contributed by atoms with van der Waals surface area (Å²) in [4.78, 5) is 11.4. The molecule has 1 N–H and O–H groups in total. The molecule has 0 aliphatic carbocycles. The fourth-order valence-electron chi connectivity index (χ4n) is 2.55. The van der Waals surface area contributed by atoms with Gasteiger partial charge in [-0.2, -0.15) is 4.31 Å². The zero-order chi connectivity index (χ0) is 16.3. The molecule has 0 amide bonds. The van der Waals surface area contributed by atoms with Crippen LogP contribution in [0, 0.1) is 5.82 Å². The number of rotatable bonds is 4. The lowest BCUT2D eigenvalue weighted by molar-refractivity contribution is 0.0590. The van der Waals surface area contributed by atoms with Gasteiger partial charge in [0.15, 0.2) is 0 Å². The van der Waals surface area contributed by atoms with E-state index < -0.39 is 27.4 Å². The first-order valence-corrected chi connectivity index (χ1v) is 8.40. The van der Waals surface area contributed by atoms with Crippen molar-refractivity contribution in [1.82, 2.24) is 9.62 Å². The second-order valence-electron chi connectivity index (χ2n) is 5.10. The Morgan fingerprint density at radius 2 is 2.13 bits per heavy atom. The Morgan fingerprint density at radius 3 is 2.74 bits per heavy atom. The van der Waals surface area contributed by atoms with Crippen LogP contribution in [0.5, 0.6) is 0 Å². The average Bonchev–Trinajstić information content (AvgIpc) is 2.53. The Morgan fingerprint density at radius 1 is 1.43 bits per heavy atom. The normalized spacial score (nSPS) is 19.0. The molecule has 23 heavy (non-hydrogen) atoms. The summed E-state index contributed by atoms with van der Waals surface area (Å²) in [5.74, 6) is -1.91. The Bertz CT molecular complexity index is 669. The molecule has 1 aromatic rings. The highest BCUT2D eigenvalue weighted by molar-refractivity contribution is 7.89. The van der Waals surface area contributed by atoms with Gasteiger partial charge in [-0.1, -0.05) is 6.07 Å². The van der Waals surface area contributed by atoms with E-state index in [1.807, 2.05) is 0 Å². The van der Waals surface area contributed by atoms with Crippen LogP contribution in [0.4, 0.5) is 4.39 Å². The maximum Gasteiger partial charge on any atom is 0.342 e. The van der Waals surface area contributed by atoms with Gasteiger partial charge in [0, 0.05) is 19.1 Å². The highest BCUT2D eigenvalue weighted by Crippen LogP contribution is 2.25. The van der Waals surface area contributed by atoms with E-state index in [-0.39, 0.29) is 29.9 Å². The highest BCUT2D eigenvalue weighted by atomic mass is 35.5. The molecule has 9 heteroatoms. The summed E-state index contributed by atoms with van der Waals surface area (Å²) in [6.07, 6.45) is 1.57. The van der Waals surface area contributed by atoms with Gasteiger partial charge in [-0.05, 0) is 32.0 Å². The van der Waals surface area contributed by atoms with Crippen LogP contribution in [0.3, 0.4) is 0 Å². The third kappa shape index (κ3) is 4.00. The average molecular weight is 367 g/mol. The van der Waals surface area contributed by atoms with Gasteiger partial charge in [-0.25, -0.2) is 17.6 Å². The summed E-state index contributed by atoms with van der Waals surface area (Å²) in [6, 6.07) is 3.58. The molecule has 0 radical (unpaired) electrons. The number of ether oxygens (including phenoxy) is 1. The Hall–Kier alpha value is -1.22. The minimum atomic E-state index is -3.96. The number of benzene rings is 1. The van der Waals surface area contributed by atoms with Crippen molar-refractivity contribution in [2.45, 2.75) is 23.8 Å². The molecular formula is C14H20ClFN2O4S. The molecule has 1 aromatic carbocycles. The largest absolute Gasteiger partial charge is 0.465 e. The molecule has 0 saturated carbocycles. The van der Waals surface area contributed by atoms with E-state index in [1.165, 1.54) is 16.4 Å². The molecule has 0 bridgehead atoms. The SMILES string of the molecule is CNC1CCCN(S(=O)(=O)c2cccc(F)c2C(=O)OC)C1.Cl. The van der Waals surface area contributed by atoms with Crippen molar-refractivity contribution in [3.05, 3.63) is 29.6 Å². The number of piperidine rings is 1. The highest BCUT2D eigenvalue weighted by Gasteiger charge is 2.34. The number of esters is 1. The zero-order valence-electron chi connectivity index (χ0n) is 12.9. The van der Waals surface area contributed by atoms with E-state index in [4.69, 9.17) is 0 Å². The number of hydrogen-bond acceptors (Lipinski definition) is 5. The molecular weight excluding hydrogens is 347 g/mol. The van der Waals surface area contributed by atoms with Gasteiger partial charge in [0.05, 0.1) is 12.0 Å². The van der Waals surface area contributed by atoms with Crippen molar-refractivity contribution >= 4 is 28.4 Å². The van der Waals surface area contributed by atoms with Gasteiger partial charge in [-0.3, -0.25) is 0 Å². The van der Waals surface area contributed by atoms with Crippen molar-refractivity contribution in [3.8, 4) is 0 Å². The number of nitrogens with zero attached hydrogens (tertiary/aromatic N) is 1. The predicted octanol–water partition coefficient (Wildman–Crippen LogP) is 1.41. The fraction of sp³-hybridized carbons (Fsp3) is 0.500. The van der Waals surface area contributed by atoms with Crippen molar-refractivity contribution in [3.63, 3.8) is 0 Å². The summed E-state index contributed by atoms with van der Waals surface area (Å²) < 4.78 is 45.2. The summed E-state index contributed by atoms with van der Waals surface area (Å²) in [6.45, 7) is 0.633. The topological polar surface area (TPSA) is 75.7 Å². The van der Waals surface area contributed by atoms with Crippen molar-refractivity contribution in [2.24, 2.45) is 0 Å². The number of nitrogens with one attached hydrogen (secondary N) is 1. The van der Waals surface area contributed by atoms with Crippen LogP contribution in [0.2, 0.25) is 0 Å². The first-order valence-electron chi connectivity index (χ1n) is 6.96. The van der Waals surface area contributed by atoms with Gasteiger partial charge in [0.25, 0.3) is 0 Å². The lowest BCUT2D eigenvalue weighted by atomic mass is 10.1. The molecule has 6 nitrogen and oxygen atoms in total. The summed E-state index contributed by atoms with van der Waals surface area (Å²) >= 11 is 0. The van der Waals surface area contributed by atoms with Crippen molar-refractivity contribution < 1.29 is 22.3 Å². The monoisotopic (exact) mass is 366 g/mol. The van der Waals surface area contributed by atoms with E-state index in [0.29, 0.717) is 13.0 Å². The second kappa shape index (κ2) is 8.05. The van der Waals surface area contributed by atoms with E-state index in [1.54, 1.807) is 7.05 Å². The number of likely N-dealkylation sites (N-methyl/N-ethyl adjacent to an activating group) is 1. The number of methoxy groups -OCH3 is 1. The molecule has 0 aromatic heterocycles. The van der Waals surface area contributed by atoms with Gasteiger partial charge in [0.2, 0.25) is 10.0 Å². The fourth-order valence-corrected chi connectivity index (χ4v) is 4.27. The molecule has 1 heterocycles. The lowest BCUT2D eigenvalue weighted by Gasteiger charge is -2.32. The summed E-state index contributed by atoms with van der Waals surface area (Å²) in [7, 11) is -1.11. The van der Waals surface area contributed by atoms with Crippen molar-refractivity contribution in [1.29, 1.82) is 0 Å². The molecule has 1 saturated heterocycles. The minimum Gasteiger partial charge on any atom is -0.465 e. The second-order valence-corrected chi connectivity index (χ2v) is 7.00. The molecule has 0 spiro atoms. The van der Waals surface area contributed by atoms with E-state index in [0.717, 1.165) is 19.6 Å². The first-order chi connectivity index (χ1) is 10.4. The van der Waals surface area contributed by atoms with Crippen molar-refractivity contribution in [2.75, 3.05) is 27.2 Å². The Balaban J connectivity index is 0.00000264. The molecule has 1 aliphatic rings. The Kier molecular flexibility index (Phi) is 6.94. The summed E-state index contributed by atoms with van der Waals surface area (Å²) in [5.41, 5.74) is -0.545. The molecule has 130 valence electrons. The van der Waals surface area contributed by atoms with Gasteiger partial charge in [-0.15, -0.1) is 12.4 Å². The van der Waals surface area contributed by atoms with Crippen LogP contribution in [0.25, 0.3) is 0 Å². The van der Waals surface area contributed by atoms with Crippen LogP contribution in [0.15, 0.2) is 23.1 Å². The number of halogens is 2. The zero-order valence-corrected chi connectivity index (χ0v) is 14.5. The van der Waals surface area contributed by atoms with E-state index in [9.17, 15) is 17.6 Å². The van der Waals surface area contributed by atoms with Crippen LogP contribution in [-0.2, 0) is 14.8 Å². The maximum atomic E-state index is 13.9. The number of sulfonamides is 1. The van der Waals surface area contributed by atoms with Crippen LogP contribution in [0.1, 0.15) is 23.2 Å². The first kappa shape index (κ1) is 19.8. The molecule has 1 unspecified atom stereocenters. The molecule has 1 aliphatic heterocycles. The number of hydrogen-bond donors (Lipinski definition) is 1. The molecule has 1 fully saturated rings.